The first-order valence-corrected chi connectivity index (χ1v) is 7.62. The highest BCUT2D eigenvalue weighted by Crippen LogP contribution is 2.23. The fraction of sp³-hybridized carbons (Fsp3) is 0.0909. The Hall–Kier alpha value is -2.04. The van der Waals surface area contributed by atoms with E-state index in [1.165, 1.54) is 4.68 Å². The predicted molar refractivity (Wildman–Crippen MR) is 84.1 cm³/mol. The summed E-state index contributed by atoms with van der Waals surface area (Å²) >= 11 is 5.13. The van der Waals surface area contributed by atoms with Gasteiger partial charge in [0.25, 0.3) is 5.95 Å². The van der Waals surface area contributed by atoms with Crippen LogP contribution in [0.25, 0.3) is 5.95 Å². The molecule has 3 aromatic heterocycles. The molecule has 0 fully saturated rings. The maximum Gasteiger partial charge on any atom is 0.257 e. The number of anilines is 2. The molecule has 3 rings (SSSR count). The smallest absolute Gasteiger partial charge is 0.257 e. The van der Waals surface area contributed by atoms with Crippen LogP contribution in [-0.2, 0) is 6.54 Å². The maximum atomic E-state index is 5.39. The first-order valence-electron chi connectivity index (χ1n) is 5.94. The van der Waals surface area contributed by atoms with Gasteiger partial charge in [0, 0.05) is 21.7 Å². The molecule has 0 amide bonds. The Morgan fingerprint density at radius 2 is 2.14 bits per heavy atom. The van der Waals surface area contributed by atoms with Crippen LogP contribution in [0.15, 0.2) is 34.4 Å². The van der Waals surface area contributed by atoms with Gasteiger partial charge < -0.3 is 5.32 Å². The van der Waals surface area contributed by atoms with Crippen LogP contribution in [0.4, 0.5) is 11.9 Å². The van der Waals surface area contributed by atoms with Crippen molar-refractivity contribution in [2.24, 2.45) is 5.84 Å². The summed E-state index contributed by atoms with van der Waals surface area (Å²) in [5, 5.41) is 9.25. The van der Waals surface area contributed by atoms with Gasteiger partial charge in [-0.25, -0.2) is 10.5 Å². The number of halogens is 1. The fourth-order valence-electron chi connectivity index (χ4n) is 1.61. The van der Waals surface area contributed by atoms with E-state index in [0.29, 0.717) is 18.4 Å². The van der Waals surface area contributed by atoms with Crippen molar-refractivity contribution in [2.45, 2.75) is 6.54 Å². The number of hydrogen-bond donors (Lipinski definition) is 3. The number of nitrogens with zero attached hydrogens (tertiary/aromatic N) is 5. The lowest BCUT2D eigenvalue weighted by atomic mass is 10.5. The minimum absolute atomic E-state index is 0.267. The van der Waals surface area contributed by atoms with E-state index in [-0.39, 0.29) is 5.95 Å². The molecule has 3 aromatic rings. The standard InChI is InChI=1S/C11H11BrN8S/c12-7-2-5-21-8(7)6-14-9-16-10(19-13)18-11(17-9)20-4-1-3-15-20/h1-5H,6,13H2,(H2,14,16,17,18,19). The third kappa shape index (κ3) is 3.17. The number of thiophene rings is 1. The zero-order chi connectivity index (χ0) is 14.7. The molecule has 3 heterocycles. The molecule has 0 aliphatic rings. The van der Waals surface area contributed by atoms with E-state index >= 15 is 0 Å². The maximum absolute atomic E-state index is 5.39. The summed E-state index contributed by atoms with van der Waals surface area (Å²) in [6, 6.07) is 3.78. The minimum Gasteiger partial charge on any atom is -0.349 e. The van der Waals surface area contributed by atoms with E-state index < -0.39 is 0 Å². The van der Waals surface area contributed by atoms with E-state index in [1.807, 2.05) is 11.4 Å². The molecule has 0 aliphatic carbocycles. The summed E-state index contributed by atoms with van der Waals surface area (Å²) in [7, 11) is 0. The molecule has 8 nitrogen and oxygen atoms in total. The summed E-state index contributed by atoms with van der Waals surface area (Å²) in [5.74, 6) is 6.46. The molecule has 4 N–H and O–H groups in total. The Bertz CT molecular complexity index is 726. The van der Waals surface area contributed by atoms with Crippen LogP contribution in [0, 0.1) is 0 Å². The normalized spacial score (nSPS) is 10.6. The van der Waals surface area contributed by atoms with Gasteiger partial charge in [-0.2, -0.15) is 20.1 Å². The highest BCUT2D eigenvalue weighted by Gasteiger charge is 2.08. The molecule has 0 saturated carbocycles. The van der Waals surface area contributed by atoms with E-state index in [1.54, 1.807) is 29.8 Å². The number of aromatic nitrogens is 5. The predicted octanol–water partition coefficient (Wildman–Crippen LogP) is 1.78. The quantitative estimate of drug-likeness (QED) is 0.466. The number of nitrogen functional groups attached to an aromatic ring is 1. The molecule has 0 radical (unpaired) electrons. The Morgan fingerprint density at radius 1 is 1.29 bits per heavy atom. The van der Waals surface area contributed by atoms with Gasteiger partial charge in [-0.1, -0.05) is 0 Å². The van der Waals surface area contributed by atoms with Crippen LogP contribution < -0.4 is 16.6 Å². The second kappa shape index (κ2) is 6.16. The van der Waals surface area contributed by atoms with Crippen molar-refractivity contribution in [2.75, 3.05) is 10.7 Å². The average molecular weight is 367 g/mol. The lowest BCUT2D eigenvalue weighted by molar-refractivity contribution is 0.796. The molecule has 0 aromatic carbocycles. The van der Waals surface area contributed by atoms with Gasteiger partial charge in [-0.3, -0.25) is 5.43 Å². The van der Waals surface area contributed by atoms with E-state index in [0.717, 1.165) is 9.35 Å². The van der Waals surface area contributed by atoms with Crippen molar-refractivity contribution < 1.29 is 0 Å². The monoisotopic (exact) mass is 366 g/mol. The average Bonchev–Trinajstić information content (AvgIpc) is 3.16. The number of hydrogen-bond acceptors (Lipinski definition) is 8. The number of rotatable bonds is 5. The number of hydrazine groups is 1. The fourth-order valence-corrected chi connectivity index (χ4v) is 3.04. The van der Waals surface area contributed by atoms with Crippen molar-refractivity contribution in [1.82, 2.24) is 24.7 Å². The SMILES string of the molecule is NNc1nc(NCc2sccc2Br)nc(-n2cccn2)n1. The van der Waals surface area contributed by atoms with Crippen LogP contribution in [0.2, 0.25) is 0 Å². The summed E-state index contributed by atoms with van der Waals surface area (Å²) in [5.41, 5.74) is 2.42. The topological polar surface area (TPSA) is 107 Å². The van der Waals surface area contributed by atoms with Crippen molar-refractivity contribution in [3.8, 4) is 5.95 Å². The lowest BCUT2D eigenvalue weighted by Crippen LogP contribution is -2.16. The zero-order valence-corrected chi connectivity index (χ0v) is 13.1. The third-order valence-corrected chi connectivity index (χ3v) is 4.49. The highest BCUT2D eigenvalue weighted by atomic mass is 79.9. The van der Waals surface area contributed by atoms with Gasteiger partial charge in [-0.05, 0) is 33.4 Å². The first kappa shape index (κ1) is 13.9. The van der Waals surface area contributed by atoms with Crippen LogP contribution in [0.1, 0.15) is 4.88 Å². The van der Waals surface area contributed by atoms with Gasteiger partial charge in [0.1, 0.15) is 0 Å². The summed E-state index contributed by atoms with van der Waals surface area (Å²) in [6.07, 6.45) is 3.39. The van der Waals surface area contributed by atoms with Gasteiger partial charge in [-0.15, -0.1) is 11.3 Å². The van der Waals surface area contributed by atoms with Crippen molar-refractivity contribution in [1.29, 1.82) is 0 Å². The molecule has 0 atom stereocenters. The molecule has 0 spiro atoms. The first-order chi connectivity index (χ1) is 10.3. The number of nitrogens with two attached hydrogens (primary N) is 1. The number of nitrogens with one attached hydrogen (secondary N) is 2. The molecular weight excluding hydrogens is 356 g/mol. The molecule has 0 saturated heterocycles. The van der Waals surface area contributed by atoms with Crippen molar-refractivity contribution >= 4 is 39.2 Å². The molecule has 10 heteroatoms. The van der Waals surface area contributed by atoms with E-state index in [4.69, 9.17) is 5.84 Å². The van der Waals surface area contributed by atoms with Crippen LogP contribution in [0.3, 0.4) is 0 Å². The molecular formula is C11H11BrN8S. The van der Waals surface area contributed by atoms with E-state index in [2.05, 4.69) is 46.7 Å². The van der Waals surface area contributed by atoms with E-state index in [9.17, 15) is 0 Å². The Morgan fingerprint density at radius 3 is 2.81 bits per heavy atom. The lowest BCUT2D eigenvalue weighted by Gasteiger charge is -2.08. The van der Waals surface area contributed by atoms with Crippen molar-refractivity contribution in [3.63, 3.8) is 0 Å². The van der Waals surface area contributed by atoms with Gasteiger partial charge in [0.15, 0.2) is 0 Å². The van der Waals surface area contributed by atoms with Crippen molar-refractivity contribution in [3.05, 3.63) is 39.3 Å². The van der Waals surface area contributed by atoms with Gasteiger partial charge >= 0.3 is 0 Å². The van der Waals surface area contributed by atoms with Crippen LogP contribution >= 0.6 is 27.3 Å². The highest BCUT2D eigenvalue weighted by molar-refractivity contribution is 9.10. The molecule has 0 aliphatic heterocycles. The third-order valence-electron chi connectivity index (χ3n) is 2.56. The molecule has 21 heavy (non-hydrogen) atoms. The van der Waals surface area contributed by atoms with Gasteiger partial charge in [0.2, 0.25) is 11.9 Å². The molecule has 0 unspecified atom stereocenters. The zero-order valence-electron chi connectivity index (χ0n) is 10.7. The summed E-state index contributed by atoms with van der Waals surface area (Å²) in [6.45, 7) is 0.602. The Balaban J connectivity index is 1.84. The second-order valence-corrected chi connectivity index (χ2v) is 5.78. The van der Waals surface area contributed by atoms with Crippen LogP contribution in [0.5, 0.6) is 0 Å². The van der Waals surface area contributed by atoms with Crippen LogP contribution in [-0.4, -0.2) is 24.7 Å². The summed E-state index contributed by atoms with van der Waals surface area (Å²) < 4.78 is 2.59. The Labute approximate surface area is 132 Å². The largest absolute Gasteiger partial charge is 0.349 e. The molecule has 0 bridgehead atoms. The Kier molecular flexibility index (Phi) is 4.08. The second-order valence-electron chi connectivity index (χ2n) is 3.92. The van der Waals surface area contributed by atoms with Gasteiger partial charge in [0.05, 0.1) is 6.54 Å². The molecule has 108 valence electrons. The summed E-state index contributed by atoms with van der Waals surface area (Å²) in [4.78, 5) is 13.8. The minimum atomic E-state index is 0.267.